The van der Waals surface area contributed by atoms with Crippen molar-refractivity contribution in [1.29, 1.82) is 0 Å². The molecule has 17 heavy (non-hydrogen) atoms. The molecule has 1 aromatic rings. The van der Waals surface area contributed by atoms with Gasteiger partial charge in [0.1, 0.15) is 5.67 Å². The number of halogens is 1. The van der Waals surface area contributed by atoms with E-state index in [0.717, 1.165) is 13.0 Å². The first-order valence-electron chi connectivity index (χ1n) is 5.75. The minimum atomic E-state index is -1.40. The second kappa shape index (κ2) is 4.45. The molecule has 1 fully saturated rings. The van der Waals surface area contributed by atoms with Gasteiger partial charge in [-0.05, 0) is 37.6 Å². The van der Waals surface area contributed by atoms with Crippen LogP contribution in [0.3, 0.4) is 0 Å². The Morgan fingerprint density at radius 3 is 2.59 bits per heavy atom. The van der Waals surface area contributed by atoms with Crippen molar-refractivity contribution < 1.29 is 14.3 Å². The second-order valence-electron chi connectivity index (χ2n) is 4.65. The highest BCUT2D eigenvalue weighted by molar-refractivity contribution is 5.87. The normalized spacial score (nSPS) is 23.3. The number of hydrogen-bond donors (Lipinski definition) is 2. The van der Waals surface area contributed by atoms with Crippen LogP contribution in [0.2, 0.25) is 0 Å². The maximum Gasteiger partial charge on any atom is 0.335 e. The number of nitrogens with one attached hydrogen (secondary N) is 1. The molecule has 1 aliphatic heterocycles. The summed E-state index contributed by atoms with van der Waals surface area (Å²) in [5.74, 6) is -1.03. The molecule has 92 valence electrons. The molecule has 0 aromatic heterocycles. The van der Waals surface area contributed by atoms with Crippen LogP contribution in [-0.4, -0.2) is 24.2 Å². The lowest BCUT2D eigenvalue weighted by Crippen LogP contribution is -2.29. The molecule has 0 saturated carbocycles. The Kier molecular flexibility index (Phi) is 3.15. The summed E-state index contributed by atoms with van der Waals surface area (Å²) in [4.78, 5) is 10.7. The Morgan fingerprint density at radius 1 is 1.47 bits per heavy atom. The zero-order valence-electron chi connectivity index (χ0n) is 9.74. The van der Waals surface area contributed by atoms with Gasteiger partial charge in [0.2, 0.25) is 0 Å². The van der Waals surface area contributed by atoms with Gasteiger partial charge >= 0.3 is 5.97 Å². The molecule has 1 heterocycles. The monoisotopic (exact) mass is 237 g/mol. The van der Waals surface area contributed by atoms with Crippen molar-refractivity contribution in [3.63, 3.8) is 0 Å². The quantitative estimate of drug-likeness (QED) is 0.847. The third-order valence-electron chi connectivity index (χ3n) is 3.52. The molecule has 4 heteroatoms. The standard InChI is InChI=1S/C13H16FNO2/c1-13(14,11-6-7-15-8-11)10-4-2-9(3-5-10)12(16)17/h2-5,11,15H,6-8H2,1H3,(H,16,17). The lowest BCUT2D eigenvalue weighted by atomic mass is 9.83. The van der Waals surface area contributed by atoms with E-state index in [1.54, 1.807) is 19.1 Å². The maximum atomic E-state index is 14.7. The van der Waals surface area contributed by atoms with E-state index in [-0.39, 0.29) is 11.5 Å². The first kappa shape index (κ1) is 12.0. The lowest BCUT2D eigenvalue weighted by Gasteiger charge is -2.27. The zero-order chi connectivity index (χ0) is 12.5. The van der Waals surface area contributed by atoms with Crippen molar-refractivity contribution in [2.24, 2.45) is 5.92 Å². The first-order chi connectivity index (χ1) is 8.01. The Bertz CT molecular complexity index is 408. The fraction of sp³-hybridized carbons (Fsp3) is 0.462. The number of aromatic carboxylic acids is 1. The van der Waals surface area contributed by atoms with Crippen LogP contribution < -0.4 is 5.32 Å². The number of carboxylic acid groups (broad SMARTS) is 1. The molecule has 2 unspecified atom stereocenters. The van der Waals surface area contributed by atoms with Crippen LogP contribution in [0.1, 0.15) is 29.3 Å². The molecule has 0 radical (unpaired) electrons. The number of alkyl halides is 1. The molecule has 0 amide bonds. The van der Waals surface area contributed by atoms with E-state index in [0.29, 0.717) is 12.1 Å². The van der Waals surface area contributed by atoms with E-state index in [9.17, 15) is 9.18 Å². The molecule has 1 saturated heterocycles. The van der Waals surface area contributed by atoms with Crippen LogP contribution in [-0.2, 0) is 5.67 Å². The van der Waals surface area contributed by atoms with E-state index in [2.05, 4.69) is 5.32 Å². The average molecular weight is 237 g/mol. The van der Waals surface area contributed by atoms with E-state index < -0.39 is 11.6 Å². The summed E-state index contributed by atoms with van der Waals surface area (Å²) in [5.41, 5.74) is -0.661. The number of carbonyl (C=O) groups is 1. The first-order valence-corrected chi connectivity index (χ1v) is 5.75. The molecule has 1 aliphatic rings. The minimum Gasteiger partial charge on any atom is -0.478 e. The van der Waals surface area contributed by atoms with Gasteiger partial charge in [0.15, 0.2) is 0 Å². The number of benzene rings is 1. The molecule has 2 N–H and O–H groups in total. The van der Waals surface area contributed by atoms with Gasteiger partial charge in [-0.2, -0.15) is 0 Å². The summed E-state index contributed by atoms with van der Waals surface area (Å²) >= 11 is 0. The van der Waals surface area contributed by atoms with Gasteiger partial charge in [0.05, 0.1) is 5.56 Å². The van der Waals surface area contributed by atoms with E-state index in [4.69, 9.17) is 5.11 Å². The smallest absolute Gasteiger partial charge is 0.335 e. The fourth-order valence-corrected chi connectivity index (χ4v) is 2.29. The van der Waals surface area contributed by atoms with Gasteiger partial charge < -0.3 is 10.4 Å². The summed E-state index contributed by atoms with van der Waals surface area (Å²) in [5, 5.41) is 11.9. The zero-order valence-corrected chi connectivity index (χ0v) is 9.74. The minimum absolute atomic E-state index is 0.0434. The van der Waals surface area contributed by atoms with Crippen LogP contribution in [0.15, 0.2) is 24.3 Å². The summed E-state index contributed by atoms with van der Waals surface area (Å²) < 4.78 is 14.7. The SMILES string of the molecule is CC(F)(c1ccc(C(=O)O)cc1)C1CCNC1. The van der Waals surface area contributed by atoms with Gasteiger partial charge in [0.25, 0.3) is 0 Å². The topological polar surface area (TPSA) is 49.3 Å². The molecule has 2 atom stereocenters. The molecule has 0 bridgehead atoms. The summed E-state index contributed by atoms with van der Waals surface area (Å²) in [7, 11) is 0. The second-order valence-corrected chi connectivity index (χ2v) is 4.65. The highest BCUT2D eigenvalue weighted by atomic mass is 19.1. The highest BCUT2D eigenvalue weighted by Crippen LogP contribution is 2.37. The Labute approximate surface area is 99.7 Å². The van der Waals surface area contributed by atoms with Crippen molar-refractivity contribution in [2.45, 2.75) is 19.0 Å². The van der Waals surface area contributed by atoms with Crippen molar-refractivity contribution in [3.8, 4) is 0 Å². The van der Waals surface area contributed by atoms with Crippen molar-refractivity contribution in [1.82, 2.24) is 5.32 Å². The van der Waals surface area contributed by atoms with E-state index >= 15 is 0 Å². The Morgan fingerprint density at radius 2 is 2.12 bits per heavy atom. The largest absolute Gasteiger partial charge is 0.478 e. The predicted octanol–water partition coefficient (Wildman–Crippen LogP) is 2.18. The Hall–Kier alpha value is -1.42. The fourth-order valence-electron chi connectivity index (χ4n) is 2.29. The molecule has 1 aromatic carbocycles. The summed E-state index contributed by atoms with van der Waals surface area (Å²) in [6, 6.07) is 6.05. The molecule has 0 aliphatic carbocycles. The van der Waals surface area contributed by atoms with Crippen LogP contribution in [0, 0.1) is 5.92 Å². The Balaban J connectivity index is 2.23. The van der Waals surface area contributed by atoms with Crippen molar-refractivity contribution in [3.05, 3.63) is 35.4 Å². The van der Waals surface area contributed by atoms with Crippen LogP contribution in [0.4, 0.5) is 4.39 Å². The summed E-state index contributed by atoms with van der Waals surface area (Å²) in [6.07, 6.45) is 0.813. The molecular formula is C13H16FNO2. The van der Waals surface area contributed by atoms with Gasteiger partial charge in [-0.1, -0.05) is 12.1 Å². The maximum absolute atomic E-state index is 14.7. The van der Waals surface area contributed by atoms with Crippen LogP contribution >= 0.6 is 0 Å². The molecule has 0 spiro atoms. The third kappa shape index (κ3) is 2.31. The van der Waals surface area contributed by atoms with Crippen molar-refractivity contribution >= 4 is 5.97 Å². The number of carboxylic acids is 1. The lowest BCUT2D eigenvalue weighted by molar-refractivity contribution is 0.0696. The predicted molar refractivity (Wildman–Crippen MR) is 62.8 cm³/mol. The molecule has 2 rings (SSSR count). The van der Waals surface area contributed by atoms with Crippen LogP contribution in [0.25, 0.3) is 0 Å². The van der Waals surface area contributed by atoms with Gasteiger partial charge in [-0.25, -0.2) is 9.18 Å². The van der Waals surface area contributed by atoms with Crippen LogP contribution in [0.5, 0.6) is 0 Å². The third-order valence-corrected chi connectivity index (χ3v) is 3.52. The number of rotatable bonds is 3. The van der Waals surface area contributed by atoms with Crippen molar-refractivity contribution in [2.75, 3.05) is 13.1 Å². The molecule has 3 nitrogen and oxygen atoms in total. The number of hydrogen-bond acceptors (Lipinski definition) is 2. The average Bonchev–Trinajstić information content (AvgIpc) is 2.83. The van der Waals surface area contributed by atoms with Gasteiger partial charge in [-0.15, -0.1) is 0 Å². The summed E-state index contributed by atoms with van der Waals surface area (Å²) in [6.45, 7) is 3.09. The van der Waals surface area contributed by atoms with Gasteiger partial charge in [-0.3, -0.25) is 0 Å². The van der Waals surface area contributed by atoms with Gasteiger partial charge in [0, 0.05) is 12.5 Å². The van der Waals surface area contributed by atoms with E-state index in [1.165, 1.54) is 12.1 Å². The molecular weight excluding hydrogens is 221 g/mol. The van der Waals surface area contributed by atoms with E-state index in [1.807, 2.05) is 0 Å². The highest BCUT2D eigenvalue weighted by Gasteiger charge is 2.37.